The van der Waals surface area contributed by atoms with Crippen LogP contribution in [0.15, 0.2) is 60.8 Å². The van der Waals surface area contributed by atoms with E-state index in [-0.39, 0.29) is 36.2 Å². The molecule has 0 aromatic carbocycles. The Labute approximate surface area is 419 Å². The average molecular weight is 956 g/mol. The summed E-state index contributed by atoms with van der Waals surface area (Å²) >= 11 is 0. The molecular weight excluding hydrogens is 847 g/mol. The Morgan fingerprint density at radius 1 is 0.456 bits per heavy atom. The summed E-state index contributed by atoms with van der Waals surface area (Å²) in [5, 5.41) is 9.68. The predicted molar refractivity (Wildman–Crippen MR) is 289 cm³/mol. The number of carboxylic acid groups (broad SMARTS) is 1. The molecule has 0 heterocycles. The van der Waals surface area contributed by atoms with E-state index in [2.05, 4.69) is 74.6 Å². The number of carboxylic acids is 1. The SMILES string of the molecule is CC/C=C/C/C=C/C/C=C/CCCCCCCCCCCCCC(=O)OCC(COCCC(C(=O)O)[N+](C)(C)C)OC(=O)CCCCCCCCC/C=C/C/C=C/CCCCCCCCCCC. The van der Waals surface area contributed by atoms with Crippen LogP contribution in [0.3, 0.4) is 0 Å². The van der Waals surface area contributed by atoms with Crippen LogP contribution in [-0.4, -0.2) is 80.6 Å². The van der Waals surface area contributed by atoms with Crippen molar-refractivity contribution in [1.82, 2.24) is 0 Å². The first kappa shape index (κ1) is 65.0. The fraction of sp³-hybridized carbons (Fsp3) is 0.783. The molecule has 68 heavy (non-hydrogen) atoms. The third kappa shape index (κ3) is 48.1. The molecule has 1 N–H and O–H groups in total. The van der Waals surface area contributed by atoms with Crippen molar-refractivity contribution in [3.8, 4) is 0 Å². The maximum Gasteiger partial charge on any atom is 0.362 e. The van der Waals surface area contributed by atoms with Gasteiger partial charge in [0.2, 0.25) is 0 Å². The quantitative estimate of drug-likeness (QED) is 0.0281. The van der Waals surface area contributed by atoms with Gasteiger partial charge in [0.1, 0.15) is 6.61 Å². The molecule has 0 saturated heterocycles. The highest BCUT2D eigenvalue weighted by atomic mass is 16.6. The molecule has 0 radical (unpaired) electrons. The Balaban J connectivity index is 4.20. The highest BCUT2D eigenvalue weighted by Gasteiger charge is 2.31. The van der Waals surface area contributed by atoms with E-state index < -0.39 is 18.1 Å². The number of hydrogen-bond acceptors (Lipinski definition) is 6. The molecule has 0 spiro atoms. The molecule has 8 nitrogen and oxygen atoms in total. The minimum atomic E-state index is -0.876. The number of esters is 2. The number of aliphatic carboxylic acids is 1. The lowest BCUT2D eigenvalue weighted by atomic mass is 10.0. The van der Waals surface area contributed by atoms with E-state index in [0.29, 0.717) is 19.3 Å². The summed E-state index contributed by atoms with van der Waals surface area (Å²) in [4.78, 5) is 37.3. The largest absolute Gasteiger partial charge is 0.477 e. The van der Waals surface area contributed by atoms with Gasteiger partial charge in [0.15, 0.2) is 12.1 Å². The zero-order valence-corrected chi connectivity index (χ0v) is 45.1. The molecule has 394 valence electrons. The second-order valence-corrected chi connectivity index (χ2v) is 20.2. The van der Waals surface area contributed by atoms with Crippen LogP contribution in [0.25, 0.3) is 0 Å². The van der Waals surface area contributed by atoms with Gasteiger partial charge >= 0.3 is 17.9 Å². The number of allylic oxidation sites excluding steroid dienone is 10. The van der Waals surface area contributed by atoms with Gasteiger partial charge in [0.05, 0.1) is 34.4 Å². The van der Waals surface area contributed by atoms with E-state index >= 15 is 0 Å². The molecule has 2 atom stereocenters. The average Bonchev–Trinajstić information content (AvgIpc) is 3.30. The molecule has 0 fully saturated rings. The number of likely N-dealkylation sites (N-methyl/N-ethyl adjacent to an activating group) is 1. The summed E-state index contributed by atoms with van der Waals surface area (Å²) in [5.41, 5.74) is 0. The zero-order valence-electron chi connectivity index (χ0n) is 45.1. The lowest BCUT2D eigenvalue weighted by Gasteiger charge is -2.31. The first-order chi connectivity index (χ1) is 33.1. The molecule has 0 aliphatic rings. The summed E-state index contributed by atoms with van der Waals surface area (Å²) in [7, 11) is 5.54. The van der Waals surface area contributed by atoms with Crippen molar-refractivity contribution in [3.05, 3.63) is 60.8 Å². The third-order valence-corrected chi connectivity index (χ3v) is 12.7. The van der Waals surface area contributed by atoms with Crippen LogP contribution in [0.5, 0.6) is 0 Å². The number of rotatable bonds is 51. The summed E-state index contributed by atoms with van der Waals surface area (Å²) in [6.45, 7) is 4.65. The minimum absolute atomic E-state index is 0.0563. The number of unbranched alkanes of at least 4 members (excludes halogenated alkanes) is 27. The highest BCUT2D eigenvalue weighted by Crippen LogP contribution is 2.16. The number of ether oxygens (including phenoxy) is 3. The van der Waals surface area contributed by atoms with E-state index in [4.69, 9.17) is 14.2 Å². The van der Waals surface area contributed by atoms with E-state index in [9.17, 15) is 19.5 Å². The monoisotopic (exact) mass is 955 g/mol. The smallest absolute Gasteiger partial charge is 0.362 e. The standard InChI is InChI=1S/C60H107NO7/c1-6-8-10-12-14-16-18-20-22-24-26-28-29-31-33-35-37-39-41-43-45-47-49-51-59(63)68-56(54-66-53-52-57(60(64)65)61(3,4)5)55-67-58(62)50-48-46-44-42-40-38-36-34-32-30-27-25-23-21-19-17-15-13-11-9-7-2/h9,11,15,17,21,23,26,28,31,33,56-57H,6-8,10,12-14,16,18-20,22,24-25,27,29-30,32,34-55H2,1-5H3/p+1/b11-9+,17-15+,23-21+,28-26+,33-31+. The molecule has 0 aliphatic heterocycles. The molecule has 0 saturated carbocycles. The zero-order chi connectivity index (χ0) is 49.9. The molecule has 0 amide bonds. The second-order valence-electron chi connectivity index (χ2n) is 20.2. The Morgan fingerprint density at radius 2 is 0.824 bits per heavy atom. The van der Waals surface area contributed by atoms with Crippen LogP contribution >= 0.6 is 0 Å². The van der Waals surface area contributed by atoms with Gasteiger partial charge in [-0.2, -0.15) is 0 Å². The second kappa shape index (κ2) is 50.4. The van der Waals surface area contributed by atoms with Gasteiger partial charge in [-0.3, -0.25) is 9.59 Å². The first-order valence-electron chi connectivity index (χ1n) is 28.3. The van der Waals surface area contributed by atoms with Crippen molar-refractivity contribution in [2.24, 2.45) is 0 Å². The highest BCUT2D eigenvalue weighted by molar-refractivity contribution is 5.72. The van der Waals surface area contributed by atoms with Crippen LogP contribution in [0.1, 0.15) is 251 Å². The van der Waals surface area contributed by atoms with Gasteiger partial charge in [0.25, 0.3) is 0 Å². The summed E-state index contributed by atoms with van der Waals surface area (Å²) < 4.78 is 17.4. The van der Waals surface area contributed by atoms with Crippen LogP contribution < -0.4 is 0 Å². The molecule has 8 heteroatoms. The van der Waals surface area contributed by atoms with E-state index in [1.807, 2.05) is 21.1 Å². The molecule has 2 unspecified atom stereocenters. The minimum Gasteiger partial charge on any atom is -0.477 e. The fourth-order valence-corrected chi connectivity index (χ4v) is 8.31. The summed E-state index contributed by atoms with van der Waals surface area (Å²) in [6.07, 6.45) is 64.2. The van der Waals surface area contributed by atoms with E-state index in [1.54, 1.807) is 0 Å². The van der Waals surface area contributed by atoms with Gasteiger partial charge in [-0.25, -0.2) is 4.79 Å². The van der Waals surface area contributed by atoms with Crippen LogP contribution in [0, 0.1) is 0 Å². The number of carbonyl (C=O) groups excluding carboxylic acids is 2. The van der Waals surface area contributed by atoms with Crippen LogP contribution in [0.4, 0.5) is 0 Å². The van der Waals surface area contributed by atoms with Gasteiger partial charge in [-0.15, -0.1) is 0 Å². The molecule has 0 aromatic heterocycles. The van der Waals surface area contributed by atoms with Crippen molar-refractivity contribution in [2.75, 3.05) is 41.0 Å². The number of quaternary nitrogens is 1. The third-order valence-electron chi connectivity index (χ3n) is 12.7. The maximum atomic E-state index is 12.8. The van der Waals surface area contributed by atoms with Crippen LogP contribution in [0.2, 0.25) is 0 Å². The lowest BCUT2D eigenvalue weighted by Crippen LogP contribution is -2.50. The molecular formula is C60H108NO7+. The molecule has 0 aromatic rings. The van der Waals surface area contributed by atoms with Gasteiger partial charge < -0.3 is 23.8 Å². The Bertz CT molecular complexity index is 1290. The van der Waals surface area contributed by atoms with Gasteiger partial charge in [-0.1, -0.05) is 216 Å². The Morgan fingerprint density at radius 3 is 1.22 bits per heavy atom. The lowest BCUT2D eigenvalue weighted by molar-refractivity contribution is -0.887. The van der Waals surface area contributed by atoms with Crippen molar-refractivity contribution in [2.45, 2.75) is 264 Å². The van der Waals surface area contributed by atoms with Crippen molar-refractivity contribution in [3.63, 3.8) is 0 Å². The van der Waals surface area contributed by atoms with Crippen molar-refractivity contribution >= 4 is 17.9 Å². The maximum absolute atomic E-state index is 12.8. The van der Waals surface area contributed by atoms with Gasteiger partial charge in [-0.05, 0) is 77.0 Å². The topological polar surface area (TPSA) is 99.1 Å². The molecule has 0 aliphatic carbocycles. The number of hydrogen-bond donors (Lipinski definition) is 1. The van der Waals surface area contributed by atoms with Crippen molar-refractivity contribution < 1.29 is 38.2 Å². The summed E-state index contributed by atoms with van der Waals surface area (Å²) in [5.74, 6) is -1.47. The van der Waals surface area contributed by atoms with Crippen molar-refractivity contribution in [1.29, 1.82) is 0 Å². The van der Waals surface area contributed by atoms with E-state index in [0.717, 1.165) is 70.6 Å². The molecule has 0 rings (SSSR count). The summed E-state index contributed by atoms with van der Waals surface area (Å²) in [6, 6.07) is -0.619. The number of carbonyl (C=O) groups is 3. The Hall–Kier alpha value is -2.97. The predicted octanol–water partition coefficient (Wildman–Crippen LogP) is 16.9. The molecule has 0 bridgehead atoms. The van der Waals surface area contributed by atoms with E-state index in [1.165, 1.54) is 148 Å². The fourth-order valence-electron chi connectivity index (χ4n) is 8.31. The van der Waals surface area contributed by atoms with Crippen LogP contribution in [-0.2, 0) is 28.6 Å². The Kier molecular flexibility index (Phi) is 48.2. The normalized spacial score (nSPS) is 13.2. The first-order valence-corrected chi connectivity index (χ1v) is 28.3. The van der Waals surface area contributed by atoms with Gasteiger partial charge in [0, 0.05) is 19.3 Å². The number of nitrogens with zero attached hydrogens (tertiary/aromatic N) is 1.